The quantitative estimate of drug-likeness (QED) is 0.189. The predicted molar refractivity (Wildman–Crippen MR) is 139 cm³/mol. The fourth-order valence-corrected chi connectivity index (χ4v) is 4.71. The first-order valence-corrected chi connectivity index (χ1v) is 11.6. The number of hydrogen-bond acceptors (Lipinski definition) is 4. The van der Waals surface area contributed by atoms with Crippen LogP contribution in [0.2, 0.25) is 0 Å². The molecule has 5 rings (SSSR count). The van der Waals surface area contributed by atoms with Gasteiger partial charge in [0.25, 0.3) is 0 Å². The second-order valence-electron chi connectivity index (χ2n) is 9.26. The summed E-state index contributed by atoms with van der Waals surface area (Å²) < 4.78 is 0. The number of fused-ring (bicyclic) bond motifs is 3. The van der Waals surface area contributed by atoms with Crippen LogP contribution in [0.15, 0.2) is 47.5 Å². The molecule has 0 unspecified atom stereocenters. The van der Waals surface area contributed by atoms with Gasteiger partial charge in [-0.15, -0.1) is 12.1 Å². The molecule has 1 aliphatic heterocycles. The summed E-state index contributed by atoms with van der Waals surface area (Å²) in [7, 11) is 0. The van der Waals surface area contributed by atoms with Gasteiger partial charge in [-0.05, 0) is 72.8 Å². The Hall–Kier alpha value is -2.50. The van der Waals surface area contributed by atoms with E-state index in [1.807, 2.05) is 26.0 Å². The molecule has 0 fully saturated rings. The van der Waals surface area contributed by atoms with Crippen molar-refractivity contribution in [1.82, 2.24) is 9.97 Å². The Bertz CT molecular complexity index is 1440. The van der Waals surface area contributed by atoms with E-state index in [1.54, 1.807) is 0 Å². The minimum absolute atomic E-state index is 0. The second kappa shape index (κ2) is 11.3. The Morgan fingerprint density at radius 2 is 1.42 bits per heavy atom. The van der Waals surface area contributed by atoms with E-state index in [-0.39, 0.29) is 39.9 Å². The molecular weight excluding hydrogens is 705 g/mol. The summed E-state index contributed by atoms with van der Waals surface area (Å²) in [5.74, 6) is 0.531. The van der Waals surface area contributed by atoms with Crippen molar-refractivity contribution in [2.24, 2.45) is 4.99 Å². The van der Waals surface area contributed by atoms with Crippen molar-refractivity contribution in [2.75, 3.05) is 5.32 Å². The van der Waals surface area contributed by atoms with E-state index >= 15 is 0 Å². The molecular formula is C30H28N4ReRh-2. The van der Waals surface area contributed by atoms with Crippen molar-refractivity contribution in [3.05, 3.63) is 105 Å². The molecule has 6 heteroatoms. The average Bonchev–Trinajstić information content (AvgIpc) is 2.91. The van der Waals surface area contributed by atoms with Gasteiger partial charge in [0.2, 0.25) is 0 Å². The molecule has 0 saturated carbocycles. The molecule has 0 spiro atoms. The van der Waals surface area contributed by atoms with E-state index in [0.29, 0.717) is 12.5 Å². The Balaban J connectivity index is 0.00000180. The molecule has 2 radical (unpaired) electrons. The average molecular weight is 734 g/mol. The zero-order valence-electron chi connectivity index (χ0n) is 21.3. The summed E-state index contributed by atoms with van der Waals surface area (Å²) in [6.07, 6.45) is 3.23. The number of benzene rings is 3. The standard InChI is InChI=1S/C30H28N4.Re.Rh/c1-17-10-18(2)12-24(11-17)33-30-32-16-23-15-31-29(27-19(3)8-7-9-20(27)4)26-14-22(6)21(5)13-25(26)28(23)34-30;;/h7-9,11-14H,15H2,1-6H3,(H,32,33,34);;/q-2;;. The van der Waals surface area contributed by atoms with E-state index in [4.69, 9.17) is 9.98 Å². The fourth-order valence-electron chi connectivity index (χ4n) is 4.71. The molecule has 1 aromatic heterocycles. The Morgan fingerprint density at radius 1 is 0.806 bits per heavy atom. The number of nitrogens with one attached hydrogen (secondary N) is 1. The van der Waals surface area contributed by atoms with Crippen molar-refractivity contribution in [3.8, 4) is 11.3 Å². The van der Waals surface area contributed by atoms with Crippen molar-refractivity contribution in [3.63, 3.8) is 0 Å². The maximum atomic E-state index is 5.09. The van der Waals surface area contributed by atoms with Gasteiger partial charge in [-0.1, -0.05) is 55.6 Å². The van der Waals surface area contributed by atoms with Gasteiger partial charge in [-0.3, -0.25) is 4.99 Å². The fraction of sp³-hybridized carbons (Fsp3) is 0.233. The molecule has 0 amide bonds. The van der Waals surface area contributed by atoms with Gasteiger partial charge >= 0.3 is 0 Å². The van der Waals surface area contributed by atoms with Crippen LogP contribution in [-0.2, 0) is 46.4 Å². The third-order valence-corrected chi connectivity index (χ3v) is 6.45. The molecule has 1 aliphatic rings. The van der Waals surface area contributed by atoms with Crippen molar-refractivity contribution >= 4 is 17.3 Å². The largest absolute Gasteiger partial charge is 0.399 e. The monoisotopic (exact) mass is 734 g/mol. The van der Waals surface area contributed by atoms with E-state index in [1.165, 1.54) is 27.8 Å². The smallest absolute Gasteiger partial charge is 0.109 e. The molecule has 3 aromatic carbocycles. The maximum Gasteiger partial charge on any atom is 0.109 e. The summed E-state index contributed by atoms with van der Waals surface area (Å²) in [6, 6.07) is 18.3. The van der Waals surface area contributed by atoms with E-state index in [0.717, 1.165) is 44.9 Å². The summed E-state index contributed by atoms with van der Waals surface area (Å²) in [6.45, 7) is 13.2. The summed E-state index contributed by atoms with van der Waals surface area (Å²) in [5.41, 5.74) is 14.2. The van der Waals surface area contributed by atoms with Crippen LogP contribution in [0.4, 0.5) is 11.6 Å². The van der Waals surface area contributed by atoms with Crippen LogP contribution in [0.5, 0.6) is 0 Å². The molecule has 4 aromatic rings. The third kappa shape index (κ3) is 5.42. The molecule has 2 heterocycles. The zero-order valence-corrected chi connectivity index (χ0v) is 25.7. The number of aryl methyl sites for hydroxylation is 6. The Morgan fingerprint density at radius 3 is 2.06 bits per heavy atom. The van der Waals surface area contributed by atoms with Crippen LogP contribution < -0.4 is 5.32 Å². The van der Waals surface area contributed by atoms with E-state index in [9.17, 15) is 0 Å². The predicted octanol–water partition coefficient (Wildman–Crippen LogP) is 6.68. The number of rotatable bonds is 3. The van der Waals surface area contributed by atoms with Crippen molar-refractivity contribution in [1.29, 1.82) is 0 Å². The van der Waals surface area contributed by atoms with E-state index in [2.05, 4.69) is 80.6 Å². The normalized spacial score (nSPS) is 11.8. The van der Waals surface area contributed by atoms with Crippen molar-refractivity contribution in [2.45, 2.75) is 48.1 Å². The minimum Gasteiger partial charge on any atom is -0.399 e. The molecule has 0 saturated heterocycles. The van der Waals surface area contributed by atoms with Gasteiger partial charge in [-0.25, -0.2) is 0 Å². The summed E-state index contributed by atoms with van der Waals surface area (Å²) in [4.78, 5) is 14.6. The molecule has 0 bridgehead atoms. The molecule has 4 nitrogen and oxygen atoms in total. The number of hydrogen-bond donors (Lipinski definition) is 1. The number of aliphatic imine (C=N–C) groups is 1. The van der Waals surface area contributed by atoms with Gasteiger partial charge in [0.1, 0.15) is 5.95 Å². The minimum atomic E-state index is 0. The molecule has 36 heavy (non-hydrogen) atoms. The molecule has 186 valence electrons. The van der Waals surface area contributed by atoms with Crippen LogP contribution in [0.1, 0.15) is 50.1 Å². The first-order valence-electron chi connectivity index (χ1n) is 11.6. The second-order valence-corrected chi connectivity index (χ2v) is 9.26. The van der Waals surface area contributed by atoms with Gasteiger partial charge in [0.15, 0.2) is 0 Å². The van der Waals surface area contributed by atoms with Gasteiger partial charge in [0, 0.05) is 52.0 Å². The first kappa shape index (κ1) is 28.1. The van der Waals surface area contributed by atoms with Gasteiger partial charge < -0.3 is 15.3 Å². The first-order chi connectivity index (χ1) is 16.3. The topological polar surface area (TPSA) is 50.2 Å². The van der Waals surface area contributed by atoms with Crippen molar-refractivity contribution < 1.29 is 39.9 Å². The van der Waals surface area contributed by atoms with Gasteiger partial charge in [0.05, 0.1) is 5.71 Å². The van der Waals surface area contributed by atoms with Crippen LogP contribution in [0.25, 0.3) is 11.3 Å². The van der Waals surface area contributed by atoms with Crippen LogP contribution in [0, 0.1) is 53.8 Å². The number of anilines is 2. The van der Waals surface area contributed by atoms with Crippen LogP contribution >= 0.6 is 0 Å². The number of aromatic nitrogens is 2. The van der Waals surface area contributed by atoms with E-state index < -0.39 is 0 Å². The Kier molecular flexibility index (Phi) is 8.78. The summed E-state index contributed by atoms with van der Waals surface area (Å²) in [5, 5.41) is 3.36. The van der Waals surface area contributed by atoms with Gasteiger partial charge in [-0.2, -0.15) is 17.2 Å². The van der Waals surface area contributed by atoms with Crippen LogP contribution in [-0.4, -0.2) is 15.7 Å². The SMILES string of the molecule is Cc1[c-]c(C)cc(Nc2n[c-]c3c(n2)-c2cc(C)c(C)cc2C(c2c(C)cccc2C)=NC3)c1.[Re].[Rh]. The van der Waals surface area contributed by atoms with Crippen LogP contribution in [0.3, 0.4) is 0 Å². The molecule has 0 atom stereocenters. The molecule has 0 aliphatic carbocycles. The third-order valence-electron chi connectivity index (χ3n) is 6.45. The number of nitrogens with zero attached hydrogens (tertiary/aromatic N) is 3. The summed E-state index contributed by atoms with van der Waals surface area (Å²) >= 11 is 0. The Labute approximate surface area is 240 Å². The molecule has 1 N–H and O–H groups in total. The maximum absolute atomic E-state index is 5.09. The zero-order chi connectivity index (χ0) is 24.0.